The molecule has 2 aromatic carbocycles. The van der Waals surface area contributed by atoms with Gasteiger partial charge in [-0.25, -0.2) is 19.0 Å². The number of benzene rings is 2. The van der Waals surface area contributed by atoms with Crippen molar-refractivity contribution in [2.24, 2.45) is 0 Å². The van der Waals surface area contributed by atoms with Gasteiger partial charge in [-0.2, -0.15) is 9.61 Å². The summed E-state index contributed by atoms with van der Waals surface area (Å²) < 4.78 is 19.3. The van der Waals surface area contributed by atoms with Crippen LogP contribution in [-0.2, 0) is 11.3 Å². The molecular formula is C25H23FN6O4S. The zero-order valence-corrected chi connectivity index (χ0v) is 20.7. The fourth-order valence-electron chi connectivity index (χ4n) is 4.06. The molecule has 12 heteroatoms. The van der Waals surface area contributed by atoms with Crippen LogP contribution in [0.15, 0.2) is 59.4 Å². The summed E-state index contributed by atoms with van der Waals surface area (Å²) in [6.45, 7) is 2.59. The number of amides is 2. The van der Waals surface area contributed by atoms with Gasteiger partial charge in [-0.15, -0.1) is 0 Å². The number of urea groups is 1. The number of aromatic nitrogens is 3. The molecule has 3 heterocycles. The number of carbonyl (C=O) groups is 2. The van der Waals surface area contributed by atoms with E-state index in [4.69, 9.17) is 4.74 Å². The average Bonchev–Trinajstić information content (AvgIpc) is 3.34. The molecule has 0 aliphatic carbocycles. The molecule has 1 N–H and O–H groups in total. The summed E-state index contributed by atoms with van der Waals surface area (Å²) in [6, 6.07) is 13.8. The second kappa shape index (κ2) is 10.4. The predicted molar refractivity (Wildman–Crippen MR) is 136 cm³/mol. The molecule has 1 aliphatic heterocycles. The van der Waals surface area contributed by atoms with E-state index >= 15 is 0 Å². The van der Waals surface area contributed by atoms with Crippen LogP contribution in [0.2, 0.25) is 0 Å². The molecule has 0 spiro atoms. The van der Waals surface area contributed by atoms with Gasteiger partial charge in [0.15, 0.2) is 0 Å². The highest BCUT2D eigenvalue weighted by molar-refractivity contribution is 7.19. The summed E-state index contributed by atoms with van der Waals surface area (Å²) in [5.41, 5.74) is 1.72. The van der Waals surface area contributed by atoms with Crippen molar-refractivity contribution in [3.8, 4) is 10.6 Å². The van der Waals surface area contributed by atoms with E-state index in [2.05, 4.69) is 20.3 Å². The maximum atomic E-state index is 13.2. The Hall–Kier alpha value is -4.16. The molecule has 10 nitrogen and oxygen atoms in total. The topological polar surface area (TPSA) is 109 Å². The molecule has 1 aliphatic rings. The number of nitrogens with zero attached hydrogens (tertiary/aromatic N) is 5. The van der Waals surface area contributed by atoms with Gasteiger partial charge in [0.25, 0.3) is 5.56 Å². The monoisotopic (exact) mass is 522 g/mol. The summed E-state index contributed by atoms with van der Waals surface area (Å²) in [4.78, 5) is 46.3. The zero-order chi connectivity index (χ0) is 25.9. The first-order valence-corrected chi connectivity index (χ1v) is 12.3. The third kappa shape index (κ3) is 5.34. The number of esters is 1. The van der Waals surface area contributed by atoms with Crippen LogP contribution in [0, 0.1) is 5.82 Å². The van der Waals surface area contributed by atoms with Gasteiger partial charge in [0.2, 0.25) is 4.96 Å². The average molecular weight is 523 g/mol. The number of carbonyl (C=O) groups excluding carboxylic acids is 2. The van der Waals surface area contributed by atoms with E-state index in [0.29, 0.717) is 59.6 Å². The summed E-state index contributed by atoms with van der Waals surface area (Å²) in [5.74, 6) is -0.863. The number of hydrogen-bond donors (Lipinski definition) is 1. The Labute approximate surface area is 214 Å². The van der Waals surface area contributed by atoms with Crippen LogP contribution in [0.25, 0.3) is 15.5 Å². The number of ether oxygens (including phenoxy) is 1. The van der Waals surface area contributed by atoms with Crippen LogP contribution in [0.5, 0.6) is 0 Å². The predicted octanol–water partition coefficient (Wildman–Crippen LogP) is 3.09. The number of anilines is 1. The molecule has 0 radical (unpaired) electrons. The first-order valence-electron chi connectivity index (χ1n) is 11.5. The highest BCUT2D eigenvalue weighted by atomic mass is 32.1. The third-order valence-corrected chi connectivity index (χ3v) is 6.97. The van der Waals surface area contributed by atoms with E-state index in [1.165, 1.54) is 41.2 Å². The number of hydrogen-bond acceptors (Lipinski definition) is 8. The largest absolute Gasteiger partial charge is 0.465 e. The first kappa shape index (κ1) is 24.5. The van der Waals surface area contributed by atoms with Crippen molar-refractivity contribution >= 4 is 34.0 Å². The molecule has 0 bridgehead atoms. The molecule has 2 amide bonds. The quantitative estimate of drug-likeness (QED) is 0.401. The van der Waals surface area contributed by atoms with Crippen molar-refractivity contribution in [2.45, 2.75) is 6.54 Å². The maximum Gasteiger partial charge on any atom is 0.339 e. The van der Waals surface area contributed by atoms with Gasteiger partial charge in [-0.05, 0) is 36.4 Å². The molecule has 1 saturated heterocycles. The Kier molecular flexibility index (Phi) is 6.93. The Morgan fingerprint density at radius 1 is 1.08 bits per heavy atom. The van der Waals surface area contributed by atoms with Crippen molar-refractivity contribution < 1.29 is 18.7 Å². The Morgan fingerprint density at radius 3 is 2.54 bits per heavy atom. The lowest BCUT2D eigenvalue weighted by atomic mass is 10.2. The summed E-state index contributed by atoms with van der Waals surface area (Å²) in [6.07, 6.45) is 0. The number of fused-ring (bicyclic) bond motifs is 1. The van der Waals surface area contributed by atoms with E-state index in [9.17, 15) is 18.8 Å². The lowest BCUT2D eigenvalue weighted by Gasteiger charge is -2.34. The van der Waals surface area contributed by atoms with Gasteiger partial charge in [0, 0.05) is 44.4 Å². The standard InChI is InChI=1S/C25H23FN6O4S/c1-36-23(34)19-4-2-3-5-20(19)28-24(35)31-12-10-30(11-13-31)15-18-14-21(33)32-25(27-18)37-22(29-32)16-6-8-17(26)9-7-16/h2-9,14H,10-13,15H2,1H3,(H,28,35). The highest BCUT2D eigenvalue weighted by Gasteiger charge is 2.23. The first-order chi connectivity index (χ1) is 17.9. The van der Waals surface area contributed by atoms with E-state index < -0.39 is 5.97 Å². The number of nitrogens with one attached hydrogen (secondary N) is 1. The Balaban J connectivity index is 1.22. The molecule has 37 heavy (non-hydrogen) atoms. The van der Waals surface area contributed by atoms with Crippen molar-refractivity contribution in [3.63, 3.8) is 0 Å². The van der Waals surface area contributed by atoms with Gasteiger partial charge >= 0.3 is 12.0 Å². The van der Waals surface area contributed by atoms with Crippen LogP contribution >= 0.6 is 11.3 Å². The normalized spacial score (nSPS) is 14.1. The fourth-order valence-corrected chi connectivity index (χ4v) is 4.99. The summed E-state index contributed by atoms with van der Waals surface area (Å²) >= 11 is 1.26. The minimum Gasteiger partial charge on any atom is -0.465 e. The van der Waals surface area contributed by atoms with E-state index in [-0.39, 0.29) is 23.0 Å². The van der Waals surface area contributed by atoms with Crippen molar-refractivity contribution in [1.29, 1.82) is 0 Å². The van der Waals surface area contributed by atoms with Gasteiger partial charge in [-0.3, -0.25) is 9.69 Å². The Bertz CT molecular complexity index is 1510. The molecule has 0 atom stereocenters. The number of methoxy groups -OCH3 is 1. The van der Waals surface area contributed by atoms with Gasteiger partial charge in [0.1, 0.15) is 10.8 Å². The van der Waals surface area contributed by atoms with Gasteiger partial charge in [-0.1, -0.05) is 23.5 Å². The molecule has 2 aromatic heterocycles. The van der Waals surface area contributed by atoms with Crippen LogP contribution in [-0.4, -0.2) is 69.7 Å². The van der Waals surface area contributed by atoms with Crippen LogP contribution in [0.1, 0.15) is 16.1 Å². The van der Waals surface area contributed by atoms with Gasteiger partial charge in [0.05, 0.1) is 24.1 Å². The van der Waals surface area contributed by atoms with E-state index in [1.807, 2.05) is 0 Å². The fraction of sp³-hybridized carbons (Fsp3) is 0.240. The number of rotatable bonds is 5. The molecular weight excluding hydrogens is 499 g/mol. The zero-order valence-electron chi connectivity index (χ0n) is 19.9. The van der Waals surface area contributed by atoms with Crippen molar-refractivity contribution in [1.82, 2.24) is 24.4 Å². The SMILES string of the molecule is COC(=O)c1ccccc1NC(=O)N1CCN(Cc2cc(=O)n3nc(-c4ccc(F)cc4)sc3n2)CC1. The Morgan fingerprint density at radius 2 is 1.81 bits per heavy atom. The molecule has 0 saturated carbocycles. The third-order valence-electron chi connectivity index (χ3n) is 6.01. The summed E-state index contributed by atoms with van der Waals surface area (Å²) in [7, 11) is 1.29. The second-order valence-corrected chi connectivity index (χ2v) is 9.38. The number of piperazine rings is 1. The van der Waals surface area contributed by atoms with Crippen LogP contribution < -0.4 is 10.9 Å². The van der Waals surface area contributed by atoms with Crippen molar-refractivity contribution in [3.05, 3.63) is 82.0 Å². The minimum absolute atomic E-state index is 0.285. The van der Waals surface area contributed by atoms with Gasteiger partial charge < -0.3 is 15.0 Å². The van der Waals surface area contributed by atoms with E-state index in [0.717, 1.165) is 0 Å². The molecule has 4 aromatic rings. The molecule has 0 unspecified atom stereocenters. The van der Waals surface area contributed by atoms with Crippen LogP contribution in [0.4, 0.5) is 14.9 Å². The van der Waals surface area contributed by atoms with Crippen molar-refractivity contribution in [2.75, 3.05) is 38.6 Å². The van der Waals surface area contributed by atoms with Crippen LogP contribution in [0.3, 0.4) is 0 Å². The molecule has 5 rings (SSSR count). The molecule has 1 fully saturated rings. The summed E-state index contributed by atoms with van der Waals surface area (Å²) in [5, 5.41) is 7.70. The highest BCUT2D eigenvalue weighted by Crippen LogP contribution is 2.24. The second-order valence-electron chi connectivity index (χ2n) is 8.42. The lowest BCUT2D eigenvalue weighted by Crippen LogP contribution is -2.49. The minimum atomic E-state index is -0.521. The smallest absolute Gasteiger partial charge is 0.339 e. The number of halogens is 1. The lowest BCUT2D eigenvalue weighted by molar-refractivity contribution is 0.0602. The number of para-hydroxylation sites is 1. The van der Waals surface area contributed by atoms with E-state index in [1.54, 1.807) is 41.3 Å². The maximum absolute atomic E-state index is 13.2. The molecule has 190 valence electrons.